The maximum absolute atomic E-state index is 4.32. The molecule has 0 unspecified atom stereocenters. The first kappa shape index (κ1) is 9.85. The highest BCUT2D eigenvalue weighted by Gasteiger charge is 2.21. The molecule has 88 valence electrons. The van der Waals surface area contributed by atoms with Crippen molar-refractivity contribution in [3.8, 4) is 16.4 Å². The zero-order valence-corrected chi connectivity index (χ0v) is 10.3. The van der Waals surface area contributed by atoms with Crippen molar-refractivity contribution in [2.45, 2.75) is 6.54 Å². The molecule has 3 heterocycles. The van der Waals surface area contributed by atoms with Gasteiger partial charge in [-0.1, -0.05) is 18.2 Å². The third-order valence-corrected chi connectivity index (χ3v) is 3.92. The molecule has 1 aromatic carbocycles. The monoisotopic (exact) mass is 254 g/mol. The van der Waals surface area contributed by atoms with Gasteiger partial charge >= 0.3 is 0 Å². The van der Waals surface area contributed by atoms with E-state index in [9.17, 15) is 0 Å². The van der Waals surface area contributed by atoms with Gasteiger partial charge in [0.05, 0.1) is 22.8 Å². The number of hydrogen-bond acceptors (Lipinski definition) is 4. The van der Waals surface area contributed by atoms with Crippen molar-refractivity contribution < 1.29 is 0 Å². The van der Waals surface area contributed by atoms with E-state index in [0.29, 0.717) is 0 Å². The van der Waals surface area contributed by atoms with Crippen molar-refractivity contribution in [3.05, 3.63) is 47.6 Å². The number of nitrogens with zero attached hydrogens (tertiary/aromatic N) is 3. The summed E-state index contributed by atoms with van der Waals surface area (Å²) in [4.78, 5) is 1.14. The normalized spacial score (nSPS) is 12.7. The Morgan fingerprint density at radius 2 is 2.06 bits per heavy atom. The van der Waals surface area contributed by atoms with Gasteiger partial charge in [0.2, 0.25) is 0 Å². The molecule has 3 aromatic rings. The average molecular weight is 254 g/mol. The number of hydrogen-bond donors (Lipinski definition) is 1. The Bertz CT molecular complexity index is 700. The molecule has 0 saturated carbocycles. The highest BCUT2D eigenvalue weighted by atomic mass is 32.1. The first-order valence-corrected chi connectivity index (χ1v) is 6.63. The van der Waals surface area contributed by atoms with Gasteiger partial charge in [-0.05, 0) is 23.6 Å². The molecule has 1 aliphatic rings. The fraction of sp³-hybridized carbons (Fsp3) is 0.0769. The van der Waals surface area contributed by atoms with E-state index < -0.39 is 0 Å². The highest BCUT2D eigenvalue weighted by Crippen LogP contribution is 2.32. The van der Waals surface area contributed by atoms with Crippen LogP contribution in [0.5, 0.6) is 0 Å². The van der Waals surface area contributed by atoms with E-state index in [2.05, 4.69) is 43.7 Å². The van der Waals surface area contributed by atoms with Gasteiger partial charge in [0.1, 0.15) is 0 Å². The van der Waals surface area contributed by atoms with Crippen LogP contribution in [0.15, 0.2) is 41.8 Å². The van der Waals surface area contributed by atoms with Crippen molar-refractivity contribution in [1.29, 1.82) is 0 Å². The standard InChI is InChI=1S/C13H10N4S/c1-2-5-10-9(4-1)14-8-12-15-16-13(17(10)12)11-6-3-7-18-11/h1-7,14H,8H2. The number of thiophene rings is 1. The molecule has 18 heavy (non-hydrogen) atoms. The highest BCUT2D eigenvalue weighted by molar-refractivity contribution is 7.13. The molecule has 1 aliphatic heterocycles. The molecule has 2 aromatic heterocycles. The van der Waals surface area contributed by atoms with E-state index in [1.54, 1.807) is 11.3 Å². The lowest BCUT2D eigenvalue weighted by molar-refractivity contribution is 0.865. The maximum Gasteiger partial charge on any atom is 0.178 e. The lowest BCUT2D eigenvalue weighted by Crippen LogP contribution is -2.15. The van der Waals surface area contributed by atoms with Crippen molar-refractivity contribution in [3.63, 3.8) is 0 Å². The minimum atomic E-state index is 0.718. The van der Waals surface area contributed by atoms with E-state index in [1.807, 2.05) is 18.2 Å². The minimum Gasteiger partial charge on any atom is -0.376 e. The summed E-state index contributed by atoms with van der Waals surface area (Å²) in [5.74, 6) is 1.88. The SMILES string of the molecule is c1csc(-c2nnc3n2-c2ccccc2NC3)c1. The molecule has 4 nitrogen and oxygen atoms in total. The van der Waals surface area contributed by atoms with Crippen LogP contribution in [0.2, 0.25) is 0 Å². The zero-order chi connectivity index (χ0) is 11.9. The summed E-state index contributed by atoms with van der Waals surface area (Å²) in [6.07, 6.45) is 0. The van der Waals surface area contributed by atoms with Crippen LogP contribution in [-0.4, -0.2) is 14.8 Å². The van der Waals surface area contributed by atoms with Crippen LogP contribution in [0.25, 0.3) is 16.4 Å². The van der Waals surface area contributed by atoms with Gasteiger partial charge in [0.15, 0.2) is 11.6 Å². The second-order valence-corrected chi connectivity index (χ2v) is 5.07. The Balaban J connectivity index is 2.00. The number of anilines is 1. The number of rotatable bonds is 1. The number of fused-ring (bicyclic) bond motifs is 3. The average Bonchev–Trinajstić information content (AvgIpc) is 3.07. The minimum absolute atomic E-state index is 0.718. The number of benzene rings is 1. The van der Waals surface area contributed by atoms with Crippen molar-refractivity contribution >= 4 is 17.0 Å². The van der Waals surface area contributed by atoms with Crippen molar-refractivity contribution in [1.82, 2.24) is 14.8 Å². The summed E-state index contributed by atoms with van der Waals surface area (Å²) in [6, 6.07) is 12.4. The molecule has 0 fully saturated rings. The maximum atomic E-state index is 4.32. The van der Waals surface area contributed by atoms with E-state index in [1.165, 1.54) is 0 Å². The van der Waals surface area contributed by atoms with Crippen LogP contribution in [0.4, 0.5) is 5.69 Å². The number of para-hydroxylation sites is 2. The largest absolute Gasteiger partial charge is 0.376 e. The molecule has 1 N–H and O–H groups in total. The Morgan fingerprint density at radius 1 is 1.11 bits per heavy atom. The second-order valence-electron chi connectivity index (χ2n) is 4.12. The van der Waals surface area contributed by atoms with Gasteiger partial charge < -0.3 is 5.32 Å². The molecule has 0 atom stereocenters. The molecule has 0 saturated heterocycles. The number of nitrogens with one attached hydrogen (secondary N) is 1. The van der Waals surface area contributed by atoms with Crippen LogP contribution in [0, 0.1) is 0 Å². The second kappa shape index (κ2) is 3.68. The fourth-order valence-electron chi connectivity index (χ4n) is 2.24. The fourth-order valence-corrected chi connectivity index (χ4v) is 2.94. The van der Waals surface area contributed by atoms with Crippen LogP contribution < -0.4 is 5.32 Å². The van der Waals surface area contributed by atoms with E-state index in [4.69, 9.17) is 0 Å². The predicted octanol–water partition coefficient (Wildman–Crippen LogP) is 2.92. The smallest absolute Gasteiger partial charge is 0.178 e. The van der Waals surface area contributed by atoms with Crippen LogP contribution >= 0.6 is 11.3 Å². The first-order valence-electron chi connectivity index (χ1n) is 5.75. The molecule has 0 radical (unpaired) electrons. The van der Waals surface area contributed by atoms with E-state index >= 15 is 0 Å². The van der Waals surface area contributed by atoms with Crippen molar-refractivity contribution in [2.75, 3.05) is 5.32 Å². The van der Waals surface area contributed by atoms with Gasteiger partial charge in [-0.2, -0.15) is 0 Å². The summed E-state index contributed by atoms with van der Waals surface area (Å²) in [5.41, 5.74) is 2.25. The first-order chi connectivity index (χ1) is 8.93. The molecule has 0 bridgehead atoms. The summed E-state index contributed by atoms with van der Waals surface area (Å²) in [5, 5.41) is 14.0. The lowest BCUT2D eigenvalue weighted by atomic mass is 10.2. The predicted molar refractivity (Wildman–Crippen MR) is 72.0 cm³/mol. The van der Waals surface area contributed by atoms with Gasteiger partial charge in [0.25, 0.3) is 0 Å². The Labute approximate surface area is 108 Å². The molecule has 5 heteroatoms. The summed E-state index contributed by atoms with van der Waals surface area (Å²) in [6.45, 7) is 0.718. The van der Waals surface area contributed by atoms with E-state index in [0.717, 1.165) is 34.4 Å². The molecule has 4 rings (SSSR count). The summed E-state index contributed by atoms with van der Waals surface area (Å²) >= 11 is 1.68. The van der Waals surface area contributed by atoms with Gasteiger partial charge in [-0.25, -0.2) is 0 Å². The third kappa shape index (κ3) is 1.31. The van der Waals surface area contributed by atoms with Crippen LogP contribution in [0.1, 0.15) is 5.82 Å². The summed E-state index contributed by atoms with van der Waals surface area (Å²) in [7, 11) is 0. The molecule has 0 spiro atoms. The molecule has 0 amide bonds. The Morgan fingerprint density at radius 3 is 2.94 bits per heavy atom. The van der Waals surface area contributed by atoms with Crippen LogP contribution in [0.3, 0.4) is 0 Å². The van der Waals surface area contributed by atoms with E-state index in [-0.39, 0.29) is 0 Å². The van der Waals surface area contributed by atoms with Gasteiger partial charge in [-0.15, -0.1) is 21.5 Å². The zero-order valence-electron chi connectivity index (χ0n) is 9.50. The van der Waals surface area contributed by atoms with Crippen molar-refractivity contribution in [2.24, 2.45) is 0 Å². The molecular weight excluding hydrogens is 244 g/mol. The Hall–Kier alpha value is -2.14. The van der Waals surface area contributed by atoms with Gasteiger partial charge in [-0.3, -0.25) is 4.57 Å². The topological polar surface area (TPSA) is 42.7 Å². The number of aromatic nitrogens is 3. The van der Waals surface area contributed by atoms with Gasteiger partial charge in [0, 0.05) is 0 Å². The summed E-state index contributed by atoms with van der Waals surface area (Å²) < 4.78 is 2.14. The Kier molecular flexibility index (Phi) is 2.01. The molecule has 0 aliphatic carbocycles. The molecular formula is C13H10N4S. The lowest BCUT2D eigenvalue weighted by Gasteiger charge is -2.20. The third-order valence-electron chi connectivity index (χ3n) is 3.05. The quantitative estimate of drug-likeness (QED) is 0.726. The van der Waals surface area contributed by atoms with Crippen LogP contribution in [-0.2, 0) is 6.54 Å².